The van der Waals surface area contributed by atoms with Crippen LogP contribution >= 0.6 is 45.2 Å². The molecule has 0 unspecified atom stereocenters. The summed E-state index contributed by atoms with van der Waals surface area (Å²) >= 11 is 4.03. The Labute approximate surface area is 211 Å². The number of aliphatic hydroxyl groups is 1. The Balaban J connectivity index is 0.000000196. The van der Waals surface area contributed by atoms with Crippen LogP contribution in [0.5, 0.6) is 0 Å². The third-order valence-electron chi connectivity index (χ3n) is 3.87. The van der Waals surface area contributed by atoms with Crippen molar-refractivity contribution < 1.29 is 22.7 Å². The maximum absolute atomic E-state index is 12.6. The fourth-order valence-electron chi connectivity index (χ4n) is 2.26. The molecular weight excluding hydrogens is 678 g/mol. The molecule has 0 radical (unpaired) electrons. The first kappa shape index (κ1) is 27.1. The van der Waals surface area contributed by atoms with Gasteiger partial charge >= 0.3 is 0 Å². The zero-order chi connectivity index (χ0) is 24.5. The third-order valence-corrected chi connectivity index (χ3v) is 5.41. The minimum Gasteiger partial charge on any atom is -0.388 e. The molecule has 0 spiro atoms. The number of nitrogens with one attached hydrogen (secondary N) is 1. The first-order chi connectivity index (χ1) is 15.8. The van der Waals surface area contributed by atoms with Crippen molar-refractivity contribution in [3.8, 4) is 0 Å². The summed E-state index contributed by atoms with van der Waals surface area (Å²) in [4.78, 5) is 15.5. The number of nitrogens with zero attached hydrogens (tertiary/aromatic N) is 7. The summed E-state index contributed by atoms with van der Waals surface area (Å²) in [6.45, 7) is -3.66. The monoisotopic (exact) mass is 696 g/mol. The molecule has 0 aromatic carbocycles. The van der Waals surface area contributed by atoms with E-state index in [2.05, 4.69) is 57.8 Å². The highest BCUT2D eigenvalue weighted by Crippen LogP contribution is 2.25. The normalized spacial score (nSPS) is 10.9. The molecule has 0 bridgehead atoms. The average Bonchev–Trinajstić information content (AvgIpc) is 3.37. The number of rotatable bonds is 5. The number of hydrogen-bond donors (Lipinski definition) is 4. The van der Waals surface area contributed by atoms with Crippen molar-refractivity contribution in [2.45, 2.75) is 12.1 Å². The molecule has 0 aliphatic rings. The number of alkyl halides is 4. The Morgan fingerprint density at radius 1 is 0.909 bits per heavy atom. The molecule has 0 aliphatic heterocycles. The van der Waals surface area contributed by atoms with Crippen LogP contribution in [0.3, 0.4) is 0 Å². The molecule has 4 rings (SSSR count). The van der Waals surface area contributed by atoms with Crippen molar-refractivity contribution in [1.29, 1.82) is 0 Å². The molecular formula is C16H18F4I2N10O. The van der Waals surface area contributed by atoms with Crippen molar-refractivity contribution in [3.63, 3.8) is 0 Å². The number of H-pyrrole nitrogens is 1. The maximum atomic E-state index is 12.6. The molecule has 0 amide bonds. The van der Waals surface area contributed by atoms with Crippen LogP contribution in [0.1, 0.15) is 6.04 Å². The minimum absolute atomic E-state index is 0.261. The Hall–Kier alpha value is -2.16. The SMILES string of the molecule is Nc1ncnc2c1c(I)nn2C(CF)CF.Nc1ncnc2n[nH]c(I)c12.OC(CF)CF. The first-order valence-electron chi connectivity index (χ1n) is 8.95. The third kappa shape index (κ3) is 6.68. The molecule has 17 heteroatoms. The van der Waals surface area contributed by atoms with Crippen LogP contribution in [0, 0.1) is 7.40 Å². The van der Waals surface area contributed by atoms with E-state index in [0.717, 1.165) is 9.09 Å². The Bertz CT molecular complexity index is 1170. The zero-order valence-corrected chi connectivity index (χ0v) is 21.0. The Kier molecular flexibility index (Phi) is 10.6. The summed E-state index contributed by atoms with van der Waals surface area (Å²) in [6, 6.07) is -0.958. The van der Waals surface area contributed by atoms with Gasteiger partial charge in [-0.1, -0.05) is 0 Å². The summed E-state index contributed by atoms with van der Waals surface area (Å²) in [6.07, 6.45) is 1.25. The number of nitrogens with two attached hydrogens (primary N) is 2. The van der Waals surface area contributed by atoms with Gasteiger partial charge in [0, 0.05) is 0 Å². The molecule has 4 aromatic rings. The van der Waals surface area contributed by atoms with Gasteiger partial charge in [0.1, 0.15) is 70.5 Å². The van der Waals surface area contributed by atoms with E-state index in [1.807, 2.05) is 22.6 Å². The topological polar surface area (TPSA) is 170 Å². The highest BCUT2D eigenvalue weighted by atomic mass is 127. The quantitative estimate of drug-likeness (QED) is 0.181. The Morgan fingerprint density at radius 3 is 2.00 bits per heavy atom. The van der Waals surface area contributed by atoms with Crippen LogP contribution in [0.25, 0.3) is 22.1 Å². The van der Waals surface area contributed by atoms with Crippen molar-refractivity contribution in [2.75, 3.05) is 38.2 Å². The van der Waals surface area contributed by atoms with E-state index in [0.29, 0.717) is 26.2 Å². The lowest BCUT2D eigenvalue weighted by Crippen LogP contribution is -2.15. The number of nitrogen functional groups attached to an aromatic ring is 2. The van der Waals surface area contributed by atoms with Gasteiger partial charge in [0.05, 0.1) is 10.8 Å². The van der Waals surface area contributed by atoms with E-state index in [1.54, 1.807) is 0 Å². The number of hydrogen-bond acceptors (Lipinski definition) is 9. The largest absolute Gasteiger partial charge is 0.388 e. The number of aromatic nitrogens is 8. The van der Waals surface area contributed by atoms with Gasteiger partial charge in [-0.05, 0) is 45.2 Å². The van der Waals surface area contributed by atoms with Gasteiger partial charge in [0.15, 0.2) is 11.3 Å². The zero-order valence-electron chi connectivity index (χ0n) is 16.6. The summed E-state index contributed by atoms with van der Waals surface area (Å²) in [5, 5.41) is 20.0. The molecule has 33 heavy (non-hydrogen) atoms. The molecule has 4 heterocycles. The van der Waals surface area contributed by atoms with Crippen LogP contribution in [0.15, 0.2) is 12.7 Å². The predicted octanol–water partition coefficient (Wildman–Crippen LogP) is 2.32. The minimum atomic E-state index is -1.40. The van der Waals surface area contributed by atoms with E-state index in [-0.39, 0.29) is 5.82 Å². The molecule has 0 fully saturated rings. The van der Waals surface area contributed by atoms with Crippen LogP contribution in [-0.2, 0) is 0 Å². The summed E-state index contributed by atoms with van der Waals surface area (Å²) < 4.78 is 49.6. The molecule has 0 saturated heterocycles. The van der Waals surface area contributed by atoms with E-state index >= 15 is 0 Å². The second kappa shape index (κ2) is 12.9. The number of halogens is 6. The molecule has 6 N–H and O–H groups in total. The van der Waals surface area contributed by atoms with Gasteiger partial charge < -0.3 is 16.6 Å². The van der Waals surface area contributed by atoms with Crippen molar-refractivity contribution >= 4 is 78.9 Å². The standard InChI is InChI=1S/C8H8F2IN5.C5H4IN5.C3H6F2O/c9-1-4(2-10)16-8-5(6(11)15-16)7(12)13-3-14-8;6-3-2-4(7)8-1-9-5(2)11-10-3;4-1-3(6)2-5/h3-4H,1-2H2,(H2,12,13,14);1H,(H3,7,8,9,10,11);3,6H,1-2H2. The van der Waals surface area contributed by atoms with Gasteiger partial charge in [0.25, 0.3) is 0 Å². The average molecular weight is 696 g/mol. The van der Waals surface area contributed by atoms with Gasteiger partial charge in [-0.15, -0.1) is 0 Å². The second-order valence-electron chi connectivity index (χ2n) is 6.11. The van der Waals surface area contributed by atoms with Crippen molar-refractivity contribution in [2.24, 2.45) is 0 Å². The molecule has 0 atom stereocenters. The molecule has 0 saturated carbocycles. The number of anilines is 2. The number of aromatic amines is 1. The molecule has 11 nitrogen and oxygen atoms in total. The van der Waals surface area contributed by atoms with Gasteiger partial charge in [-0.3, -0.25) is 5.10 Å². The van der Waals surface area contributed by atoms with E-state index in [4.69, 9.17) is 16.6 Å². The summed E-state index contributed by atoms with van der Waals surface area (Å²) in [7, 11) is 0. The van der Waals surface area contributed by atoms with Crippen LogP contribution in [0.2, 0.25) is 0 Å². The van der Waals surface area contributed by atoms with Crippen molar-refractivity contribution in [1.82, 2.24) is 39.9 Å². The van der Waals surface area contributed by atoms with E-state index < -0.39 is 38.8 Å². The maximum Gasteiger partial charge on any atom is 0.187 e. The molecule has 0 aliphatic carbocycles. The summed E-state index contributed by atoms with van der Waals surface area (Å²) in [5.41, 5.74) is 12.2. The lowest BCUT2D eigenvalue weighted by atomic mass is 10.3. The Morgan fingerprint density at radius 2 is 1.48 bits per heavy atom. The van der Waals surface area contributed by atoms with Crippen LogP contribution in [0.4, 0.5) is 29.2 Å². The van der Waals surface area contributed by atoms with Crippen LogP contribution in [-0.4, -0.2) is 77.8 Å². The smallest absolute Gasteiger partial charge is 0.187 e. The number of aliphatic hydroxyl groups excluding tert-OH is 1. The number of fused-ring (bicyclic) bond motifs is 2. The van der Waals surface area contributed by atoms with E-state index in [9.17, 15) is 17.6 Å². The predicted molar refractivity (Wildman–Crippen MR) is 130 cm³/mol. The van der Waals surface area contributed by atoms with Crippen molar-refractivity contribution in [3.05, 3.63) is 20.1 Å². The van der Waals surface area contributed by atoms with Crippen LogP contribution < -0.4 is 11.5 Å². The van der Waals surface area contributed by atoms with E-state index in [1.165, 1.54) is 17.3 Å². The second-order valence-corrected chi connectivity index (χ2v) is 8.21. The molecule has 4 aromatic heterocycles. The van der Waals surface area contributed by atoms with Gasteiger partial charge in [-0.25, -0.2) is 42.2 Å². The first-order valence-corrected chi connectivity index (χ1v) is 11.1. The lowest BCUT2D eigenvalue weighted by molar-refractivity contribution is 0.111. The van der Waals surface area contributed by atoms with Gasteiger partial charge in [-0.2, -0.15) is 10.2 Å². The highest BCUT2D eigenvalue weighted by Gasteiger charge is 2.19. The fraction of sp³-hybridized carbons (Fsp3) is 0.375. The fourth-order valence-corrected chi connectivity index (χ4v) is 3.65. The lowest BCUT2D eigenvalue weighted by Gasteiger charge is -2.09. The highest BCUT2D eigenvalue weighted by molar-refractivity contribution is 14.1. The summed E-state index contributed by atoms with van der Waals surface area (Å²) in [5.74, 6) is 0.727. The molecule has 180 valence electrons. The van der Waals surface area contributed by atoms with Gasteiger partial charge in [0.2, 0.25) is 0 Å².